The first-order valence-electron chi connectivity index (χ1n) is 10.1. The molecule has 10 unspecified atom stereocenters. The van der Waals surface area contributed by atoms with E-state index in [0.717, 1.165) is 0 Å². The summed E-state index contributed by atoms with van der Waals surface area (Å²) in [5, 5.41) is 31.2. The number of aliphatic hydroxyl groups is 3. The maximum atomic E-state index is 10.5. The molecule has 0 spiro atoms. The first kappa shape index (κ1) is 23.3. The molecule has 3 heterocycles. The summed E-state index contributed by atoms with van der Waals surface area (Å²) in [6, 6.07) is -1.74. The van der Waals surface area contributed by atoms with Gasteiger partial charge in [0.2, 0.25) is 0 Å². The number of hydrogen-bond donors (Lipinski definition) is 5. The summed E-state index contributed by atoms with van der Waals surface area (Å²) < 4.78 is 29.1. The van der Waals surface area contributed by atoms with Crippen LogP contribution in [0.25, 0.3) is 0 Å². The van der Waals surface area contributed by atoms with Gasteiger partial charge in [-0.3, -0.25) is 0 Å². The monoisotopic (exact) mass is 420 g/mol. The highest BCUT2D eigenvalue weighted by atomic mass is 16.7. The normalized spacial score (nSPS) is 47.8. The van der Waals surface area contributed by atoms with E-state index in [9.17, 15) is 15.3 Å². The van der Waals surface area contributed by atoms with Gasteiger partial charge in [0, 0.05) is 6.42 Å². The highest BCUT2D eigenvalue weighted by Gasteiger charge is 2.53. The molecule has 7 N–H and O–H groups in total. The standard InChI is InChI=1S/C19H36N2O8/c1-18(2,3)29-17-10(20)13(23)12(22)9(27-17)7-25-16-11(21)14(24)15-8(26-16)6-19(4,5)28-15/h8-17,22-24H,6-7,20-21H2,1-5H3. The van der Waals surface area contributed by atoms with Gasteiger partial charge >= 0.3 is 0 Å². The molecule has 0 aromatic carbocycles. The zero-order valence-electron chi connectivity index (χ0n) is 17.7. The molecule has 10 nitrogen and oxygen atoms in total. The molecule has 3 aliphatic rings. The summed E-state index contributed by atoms with van der Waals surface area (Å²) in [5.41, 5.74) is 11.1. The molecular formula is C19H36N2O8. The fourth-order valence-corrected chi connectivity index (χ4v) is 4.04. The molecule has 0 saturated carbocycles. The third-order valence-corrected chi connectivity index (χ3v) is 5.51. The summed E-state index contributed by atoms with van der Waals surface area (Å²) in [7, 11) is 0. The van der Waals surface area contributed by atoms with Crippen molar-refractivity contribution in [2.75, 3.05) is 6.61 Å². The summed E-state index contributed by atoms with van der Waals surface area (Å²) in [6.07, 6.45) is -6.46. The van der Waals surface area contributed by atoms with Gasteiger partial charge in [0.1, 0.15) is 30.5 Å². The van der Waals surface area contributed by atoms with Gasteiger partial charge in [-0.25, -0.2) is 0 Å². The lowest BCUT2D eigenvalue weighted by Crippen LogP contribution is -2.64. The van der Waals surface area contributed by atoms with Gasteiger partial charge < -0.3 is 50.5 Å². The lowest BCUT2D eigenvalue weighted by atomic mass is 9.94. The molecule has 0 bridgehead atoms. The van der Waals surface area contributed by atoms with E-state index < -0.39 is 66.4 Å². The minimum atomic E-state index is -1.27. The molecule has 0 radical (unpaired) electrons. The first-order chi connectivity index (χ1) is 13.3. The Kier molecular flexibility index (Phi) is 6.63. The van der Waals surface area contributed by atoms with E-state index in [0.29, 0.717) is 6.42 Å². The van der Waals surface area contributed by atoms with Gasteiger partial charge in [-0.05, 0) is 34.6 Å². The smallest absolute Gasteiger partial charge is 0.176 e. The first-order valence-corrected chi connectivity index (χ1v) is 10.1. The number of hydrogen-bond acceptors (Lipinski definition) is 10. The second-order valence-electron chi connectivity index (χ2n) is 9.82. The van der Waals surface area contributed by atoms with E-state index >= 15 is 0 Å². The number of fused-ring (bicyclic) bond motifs is 1. The molecule has 0 amide bonds. The Morgan fingerprint density at radius 2 is 1.59 bits per heavy atom. The third-order valence-electron chi connectivity index (χ3n) is 5.51. The van der Waals surface area contributed by atoms with E-state index in [1.165, 1.54) is 0 Å². The molecular weight excluding hydrogens is 384 g/mol. The Bertz CT molecular complexity index is 571. The van der Waals surface area contributed by atoms with Crippen LogP contribution in [0.5, 0.6) is 0 Å². The zero-order valence-corrected chi connectivity index (χ0v) is 17.7. The summed E-state index contributed by atoms with van der Waals surface area (Å²) in [6.45, 7) is 9.24. The predicted octanol–water partition coefficient (Wildman–Crippen LogP) is -1.43. The highest BCUT2D eigenvalue weighted by molar-refractivity contribution is 5.00. The largest absolute Gasteiger partial charge is 0.388 e. The van der Waals surface area contributed by atoms with Crippen molar-refractivity contribution in [3.63, 3.8) is 0 Å². The van der Waals surface area contributed by atoms with Gasteiger partial charge in [-0.1, -0.05) is 0 Å². The SMILES string of the molecule is CC(C)(C)OC1OC(COC2OC3CC(C)(C)OC3C(O)C2N)C(O)C(O)C1N. The average Bonchev–Trinajstić information content (AvgIpc) is 2.91. The van der Waals surface area contributed by atoms with Crippen LogP contribution in [0.4, 0.5) is 0 Å². The molecule has 10 heteroatoms. The van der Waals surface area contributed by atoms with E-state index in [1.54, 1.807) is 0 Å². The van der Waals surface area contributed by atoms with Crippen LogP contribution in [-0.4, -0.2) is 94.4 Å². The fraction of sp³-hybridized carbons (Fsp3) is 1.00. The second kappa shape index (κ2) is 8.27. The maximum Gasteiger partial charge on any atom is 0.176 e. The molecule has 3 saturated heterocycles. The minimum absolute atomic E-state index is 0.123. The summed E-state index contributed by atoms with van der Waals surface area (Å²) in [4.78, 5) is 0. The minimum Gasteiger partial charge on any atom is -0.388 e. The van der Waals surface area contributed by atoms with Crippen molar-refractivity contribution in [2.45, 2.75) is 114 Å². The summed E-state index contributed by atoms with van der Waals surface area (Å²) in [5.74, 6) is 0. The van der Waals surface area contributed by atoms with Gasteiger partial charge in [-0.2, -0.15) is 0 Å². The molecule has 0 aromatic rings. The Labute approximate surface area is 171 Å². The van der Waals surface area contributed by atoms with Crippen molar-refractivity contribution in [1.29, 1.82) is 0 Å². The zero-order chi connectivity index (χ0) is 21.7. The number of rotatable bonds is 4. The van der Waals surface area contributed by atoms with Crippen LogP contribution >= 0.6 is 0 Å². The highest BCUT2D eigenvalue weighted by Crippen LogP contribution is 2.38. The quantitative estimate of drug-likeness (QED) is 0.365. The van der Waals surface area contributed by atoms with E-state index in [-0.39, 0.29) is 12.7 Å². The molecule has 3 aliphatic heterocycles. The number of nitrogens with two attached hydrogens (primary N) is 2. The van der Waals surface area contributed by atoms with Crippen molar-refractivity contribution >= 4 is 0 Å². The molecule has 29 heavy (non-hydrogen) atoms. The molecule has 10 atom stereocenters. The van der Waals surface area contributed by atoms with Gasteiger partial charge in [0.25, 0.3) is 0 Å². The molecule has 0 aliphatic carbocycles. The van der Waals surface area contributed by atoms with Crippen LogP contribution < -0.4 is 11.5 Å². The Hall–Kier alpha value is -0.400. The molecule has 3 fully saturated rings. The number of aliphatic hydroxyl groups excluding tert-OH is 3. The second-order valence-corrected chi connectivity index (χ2v) is 9.82. The van der Waals surface area contributed by atoms with Gasteiger partial charge in [0.15, 0.2) is 12.6 Å². The van der Waals surface area contributed by atoms with Crippen molar-refractivity contribution < 1.29 is 39.0 Å². The van der Waals surface area contributed by atoms with Crippen LogP contribution in [0.3, 0.4) is 0 Å². The Balaban J connectivity index is 1.62. The molecule has 0 aromatic heterocycles. The lowest BCUT2D eigenvalue weighted by Gasteiger charge is -2.44. The van der Waals surface area contributed by atoms with E-state index in [1.807, 2.05) is 34.6 Å². The Morgan fingerprint density at radius 1 is 0.966 bits per heavy atom. The number of ether oxygens (including phenoxy) is 5. The van der Waals surface area contributed by atoms with Crippen molar-refractivity contribution in [3.05, 3.63) is 0 Å². The summed E-state index contributed by atoms with van der Waals surface area (Å²) >= 11 is 0. The third kappa shape index (κ3) is 5.09. The lowest BCUT2D eigenvalue weighted by molar-refractivity contribution is -0.307. The van der Waals surface area contributed by atoms with Gasteiger partial charge in [0.05, 0.1) is 36.0 Å². The van der Waals surface area contributed by atoms with Crippen molar-refractivity contribution in [3.8, 4) is 0 Å². The molecule has 3 rings (SSSR count). The van der Waals surface area contributed by atoms with Crippen molar-refractivity contribution in [1.82, 2.24) is 0 Å². The van der Waals surface area contributed by atoms with Crippen LogP contribution in [0, 0.1) is 0 Å². The average molecular weight is 421 g/mol. The maximum absolute atomic E-state index is 10.5. The van der Waals surface area contributed by atoms with Crippen LogP contribution in [-0.2, 0) is 23.7 Å². The predicted molar refractivity (Wildman–Crippen MR) is 102 cm³/mol. The van der Waals surface area contributed by atoms with Crippen LogP contribution in [0.15, 0.2) is 0 Å². The van der Waals surface area contributed by atoms with Crippen molar-refractivity contribution in [2.24, 2.45) is 11.5 Å². The van der Waals surface area contributed by atoms with E-state index in [2.05, 4.69) is 0 Å². The topological polar surface area (TPSA) is 159 Å². The Morgan fingerprint density at radius 3 is 2.21 bits per heavy atom. The fourth-order valence-electron chi connectivity index (χ4n) is 4.04. The van der Waals surface area contributed by atoms with Crippen LogP contribution in [0.2, 0.25) is 0 Å². The van der Waals surface area contributed by atoms with Gasteiger partial charge in [-0.15, -0.1) is 0 Å². The van der Waals surface area contributed by atoms with E-state index in [4.69, 9.17) is 35.2 Å². The van der Waals surface area contributed by atoms with Crippen LogP contribution in [0.1, 0.15) is 41.0 Å². The molecule has 170 valence electrons.